The molecule has 426 valence electrons. The van der Waals surface area contributed by atoms with Crippen LogP contribution in [-0.2, 0) is 28.6 Å². The normalized spacial score (nSPS) is 12.3. The van der Waals surface area contributed by atoms with Gasteiger partial charge in [-0.3, -0.25) is 14.4 Å². The van der Waals surface area contributed by atoms with Gasteiger partial charge in [-0.15, -0.1) is 0 Å². The topological polar surface area (TPSA) is 78.9 Å². The Balaban J connectivity index is 4.39. The Labute approximate surface area is 454 Å². The van der Waals surface area contributed by atoms with Crippen molar-refractivity contribution in [3.63, 3.8) is 0 Å². The van der Waals surface area contributed by atoms with Crippen LogP contribution in [0.4, 0.5) is 0 Å². The highest BCUT2D eigenvalue weighted by Gasteiger charge is 2.19. The third-order valence-electron chi connectivity index (χ3n) is 14.3. The first kappa shape index (κ1) is 70.4. The van der Waals surface area contributed by atoms with Gasteiger partial charge < -0.3 is 14.2 Å². The molecule has 1 unspecified atom stereocenters. The summed E-state index contributed by atoms with van der Waals surface area (Å²) in [5.74, 6) is -0.920. The molecule has 0 heterocycles. The number of carbonyl (C=O) groups is 3. The summed E-state index contributed by atoms with van der Waals surface area (Å²) in [5, 5.41) is 0. The summed E-state index contributed by atoms with van der Waals surface area (Å²) < 4.78 is 16.9. The Hall–Kier alpha value is -2.63. The highest BCUT2D eigenvalue weighted by molar-refractivity contribution is 5.71. The van der Waals surface area contributed by atoms with Gasteiger partial charge in [-0.1, -0.05) is 313 Å². The van der Waals surface area contributed by atoms with Crippen LogP contribution in [0.5, 0.6) is 0 Å². The predicted molar refractivity (Wildman–Crippen MR) is 316 cm³/mol. The number of carbonyl (C=O) groups excluding carboxylic acids is 3. The standard InChI is InChI=1S/C67H122O6/c1-4-7-10-13-16-19-22-25-28-31-33-36-39-42-45-48-51-54-57-60-66(69)72-63-64(62-71-65(68)59-56-53-50-47-44-41-38-35-30-27-24-21-18-15-12-9-6-3)73-67(70)61-58-55-52-49-46-43-40-37-34-32-29-26-23-20-17-14-11-8-5-2/h18,21,27,30,38,41,47,50,64H,4-17,19-20,22-26,28-29,31-37,39-40,42-46,48-49,51-63H2,1-3H3/b21-18-,30-27-,41-38-,50-47-. The average molecular weight is 1020 g/mol. The molecule has 0 rings (SSSR count). The van der Waals surface area contributed by atoms with Crippen molar-refractivity contribution in [3.8, 4) is 0 Å². The minimum Gasteiger partial charge on any atom is -0.462 e. The van der Waals surface area contributed by atoms with Gasteiger partial charge in [-0.2, -0.15) is 0 Å². The molecule has 0 fully saturated rings. The molecule has 0 radical (unpaired) electrons. The lowest BCUT2D eigenvalue weighted by Crippen LogP contribution is -2.30. The lowest BCUT2D eigenvalue weighted by molar-refractivity contribution is -0.167. The van der Waals surface area contributed by atoms with E-state index in [0.717, 1.165) is 64.2 Å². The summed E-state index contributed by atoms with van der Waals surface area (Å²) in [6.07, 6.45) is 76.9. The van der Waals surface area contributed by atoms with Crippen LogP contribution in [0.25, 0.3) is 0 Å². The Morgan fingerprint density at radius 1 is 0.274 bits per heavy atom. The number of allylic oxidation sites excluding steroid dienone is 8. The number of unbranched alkanes of at least 4 members (excludes halogenated alkanes) is 40. The van der Waals surface area contributed by atoms with E-state index in [1.54, 1.807) is 0 Å². The summed E-state index contributed by atoms with van der Waals surface area (Å²) in [5.41, 5.74) is 0. The van der Waals surface area contributed by atoms with Crippen LogP contribution >= 0.6 is 0 Å². The van der Waals surface area contributed by atoms with Gasteiger partial charge in [0.2, 0.25) is 0 Å². The quantitative estimate of drug-likeness (QED) is 0.0261. The third-order valence-corrected chi connectivity index (χ3v) is 14.3. The molecule has 0 aliphatic carbocycles. The molecule has 0 aliphatic heterocycles. The second kappa shape index (κ2) is 61.9. The van der Waals surface area contributed by atoms with Crippen molar-refractivity contribution >= 4 is 17.9 Å². The molecule has 0 saturated heterocycles. The van der Waals surface area contributed by atoms with Gasteiger partial charge in [0.05, 0.1) is 0 Å². The van der Waals surface area contributed by atoms with Crippen LogP contribution in [0, 0.1) is 0 Å². The summed E-state index contributed by atoms with van der Waals surface area (Å²) >= 11 is 0. The lowest BCUT2D eigenvalue weighted by atomic mass is 10.0. The maximum absolute atomic E-state index is 12.9. The summed E-state index contributed by atoms with van der Waals surface area (Å²) in [6, 6.07) is 0. The monoisotopic (exact) mass is 1020 g/mol. The number of hydrogen-bond donors (Lipinski definition) is 0. The van der Waals surface area contributed by atoms with Crippen molar-refractivity contribution in [2.75, 3.05) is 13.2 Å². The summed E-state index contributed by atoms with van der Waals surface area (Å²) in [6.45, 7) is 6.63. The van der Waals surface area contributed by atoms with Crippen molar-refractivity contribution in [2.24, 2.45) is 0 Å². The number of hydrogen-bond acceptors (Lipinski definition) is 6. The molecule has 0 bridgehead atoms. The van der Waals surface area contributed by atoms with Gasteiger partial charge in [-0.25, -0.2) is 0 Å². The smallest absolute Gasteiger partial charge is 0.306 e. The van der Waals surface area contributed by atoms with Crippen molar-refractivity contribution in [2.45, 2.75) is 348 Å². The average Bonchev–Trinajstić information content (AvgIpc) is 3.39. The largest absolute Gasteiger partial charge is 0.462 e. The van der Waals surface area contributed by atoms with Gasteiger partial charge in [0.1, 0.15) is 13.2 Å². The number of ether oxygens (including phenoxy) is 3. The fourth-order valence-electron chi connectivity index (χ4n) is 9.50. The van der Waals surface area contributed by atoms with E-state index in [4.69, 9.17) is 14.2 Å². The van der Waals surface area contributed by atoms with E-state index in [-0.39, 0.29) is 37.5 Å². The van der Waals surface area contributed by atoms with Gasteiger partial charge in [-0.05, 0) is 57.8 Å². The SMILES string of the molecule is CCCCC/C=C\C/C=C\C/C=C\C/C=C\CCCC(=O)OCC(COC(=O)CCCCCCCCCCCCCCCCCCCCC)OC(=O)CCCCCCCCCCCCCCCCCCCCC. The fourth-order valence-corrected chi connectivity index (χ4v) is 9.50. The van der Waals surface area contributed by atoms with Crippen molar-refractivity contribution in [3.05, 3.63) is 48.6 Å². The van der Waals surface area contributed by atoms with Crippen LogP contribution in [0.15, 0.2) is 48.6 Å². The summed E-state index contributed by atoms with van der Waals surface area (Å²) in [4.78, 5) is 38.3. The van der Waals surface area contributed by atoms with Crippen LogP contribution in [-0.4, -0.2) is 37.2 Å². The molecule has 0 N–H and O–H groups in total. The zero-order valence-electron chi connectivity index (χ0n) is 48.9. The first-order valence-electron chi connectivity index (χ1n) is 32.1. The number of esters is 3. The molecule has 0 amide bonds. The maximum Gasteiger partial charge on any atom is 0.306 e. The molecule has 0 spiro atoms. The third kappa shape index (κ3) is 60.1. The van der Waals surface area contributed by atoms with Crippen molar-refractivity contribution < 1.29 is 28.6 Å². The van der Waals surface area contributed by atoms with E-state index in [9.17, 15) is 14.4 Å². The molecule has 0 aromatic carbocycles. The van der Waals surface area contributed by atoms with Gasteiger partial charge in [0, 0.05) is 19.3 Å². The van der Waals surface area contributed by atoms with E-state index in [2.05, 4.69) is 69.4 Å². The van der Waals surface area contributed by atoms with Gasteiger partial charge in [0.15, 0.2) is 6.10 Å². The Morgan fingerprint density at radius 2 is 0.507 bits per heavy atom. The van der Waals surface area contributed by atoms with Crippen LogP contribution in [0.1, 0.15) is 342 Å². The minimum atomic E-state index is -0.792. The Morgan fingerprint density at radius 3 is 0.822 bits per heavy atom. The second-order valence-corrected chi connectivity index (χ2v) is 21.7. The second-order valence-electron chi connectivity index (χ2n) is 21.7. The molecule has 0 aromatic heterocycles. The highest BCUT2D eigenvalue weighted by Crippen LogP contribution is 2.18. The Kier molecular flexibility index (Phi) is 59.7. The van der Waals surface area contributed by atoms with Gasteiger partial charge in [0.25, 0.3) is 0 Å². The molecule has 0 aromatic rings. The van der Waals surface area contributed by atoms with E-state index < -0.39 is 6.10 Å². The molecular formula is C67H122O6. The minimum absolute atomic E-state index is 0.0849. The van der Waals surface area contributed by atoms with Crippen LogP contribution in [0.3, 0.4) is 0 Å². The molecule has 0 saturated carbocycles. The molecule has 73 heavy (non-hydrogen) atoms. The molecule has 0 aliphatic rings. The maximum atomic E-state index is 12.9. The predicted octanol–water partition coefficient (Wildman–Crippen LogP) is 21.8. The zero-order chi connectivity index (χ0) is 52.9. The molecule has 6 heteroatoms. The molecule has 1 atom stereocenters. The summed E-state index contributed by atoms with van der Waals surface area (Å²) in [7, 11) is 0. The van der Waals surface area contributed by atoms with E-state index in [0.29, 0.717) is 19.3 Å². The van der Waals surface area contributed by atoms with Crippen molar-refractivity contribution in [1.29, 1.82) is 0 Å². The van der Waals surface area contributed by atoms with E-state index in [1.165, 1.54) is 231 Å². The number of rotatable bonds is 59. The Bertz CT molecular complexity index is 1270. The molecule has 6 nitrogen and oxygen atoms in total. The van der Waals surface area contributed by atoms with Gasteiger partial charge >= 0.3 is 17.9 Å². The highest BCUT2D eigenvalue weighted by atomic mass is 16.6. The van der Waals surface area contributed by atoms with E-state index >= 15 is 0 Å². The fraction of sp³-hybridized carbons (Fsp3) is 0.836. The molecular weight excluding hydrogens is 901 g/mol. The first-order valence-corrected chi connectivity index (χ1v) is 32.1. The lowest BCUT2D eigenvalue weighted by Gasteiger charge is -2.18. The zero-order valence-corrected chi connectivity index (χ0v) is 48.9. The van der Waals surface area contributed by atoms with E-state index in [1.807, 2.05) is 0 Å². The van der Waals surface area contributed by atoms with Crippen LogP contribution in [0.2, 0.25) is 0 Å². The first-order chi connectivity index (χ1) is 36.0. The van der Waals surface area contributed by atoms with Crippen molar-refractivity contribution in [1.82, 2.24) is 0 Å². The van der Waals surface area contributed by atoms with Crippen LogP contribution < -0.4 is 0 Å².